The van der Waals surface area contributed by atoms with Gasteiger partial charge in [0.2, 0.25) is 5.09 Å². The second kappa shape index (κ2) is 6.23. The van der Waals surface area contributed by atoms with E-state index in [1.54, 1.807) is 0 Å². The van der Waals surface area contributed by atoms with E-state index in [1.165, 1.54) is 24.5 Å². The lowest BCUT2D eigenvalue weighted by molar-refractivity contribution is 0.0836. The second-order valence-electron chi connectivity index (χ2n) is 4.88. The number of nitrogens with zero attached hydrogens (tertiary/aromatic N) is 2. The van der Waals surface area contributed by atoms with Crippen molar-refractivity contribution in [3.05, 3.63) is 35.6 Å². The summed E-state index contributed by atoms with van der Waals surface area (Å²) < 4.78 is 36.7. The highest BCUT2D eigenvalue weighted by Crippen LogP contribution is 2.25. The van der Waals surface area contributed by atoms with Crippen LogP contribution in [-0.2, 0) is 14.8 Å². The fraction of sp³-hybridized carbons (Fsp3) is 0.385. The Hall–Kier alpha value is -1.64. The fourth-order valence-corrected chi connectivity index (χ4v) is 3.36. The number of rotatable bonds is 4. The van der Waals surface area contributed by atoms with Crippen molar-refractivity contribution in [3.8, 4) is 0 Å². The van der Waals surface area contributed by atoms with Crippen LogP contribution >= 0.6 is 11.6 Å². The maximum absolute atomic E-state index is 12.1. The van der Waals surface area contributed by atoms with Gasteiger partial charge in [-0.05, 0) is 36.6 Å². The lowest BCUT2D eigenvalue weighted by Crippen LogP contribution is -2.17. The van der Waals surface area contributed by atoms with Gasteiger partial charge in [0.15, 0.2) is 5.22 Å². The van der Waals surface area contributed by atoms with E-state index in [2.05, 4.69) is 14.7 Å². The number of halogens is 1. The van der Waals surface area contributed by atoms with Crippen LogP contribution in [0.2, 0.25) is 5.22 Å². The summed E-state index contributed by atoms with van der Waals surface area (Å²) in [4.78, 5) is 8.47. The Bertz CT molecular complexity index is 739. The summed E-state index contributed by atoms with van der Waals surface area (Å²) in [7, 11) is -3.83. The van der Waals surface area contributed by atoms with E-state index in [0.717, 1.165) is 12.8 Å². The van der Waals surface area contributed by atoms with Crippen molar-refractivity contribution >= 4 is 27.3 Å². The van der Waals surface area contributed by atoms with Crippen LogP contribution in [0.1, 0.15) is 24.6 Å². The Morgan fingerprint density at radius 2 is 1.86 bits per heavy atom. The molecule has 3 heterocycles. The number of sulfonamides is 1. The molecule has 1 N–H and O–H groups in total. The van der Waals surface area contributed by atoms with Gasteiger partial charge in [-0.3, -0.25) is 4.72 Å². The molecule has 0 amide bonds. The van der Waals surface area contributed by atoms with Crippen LogP contribution in [0.4, 0.5) is 5.69 Å². The highest BCUT2D eigenvalue weighted by molar-refractivity contribution is 7.92. The summed E-state index contributed by atoms with van der Waals surface area (Å²) in [6.45, 7) is 1.39. The molecule has 118 valence electrons. The molecule has 0 bridgehead atoms. The molecule has 7 nitrogen and oxygen atoms in total. The van der Waals surface area contributed by atoms with Crippen molar-refractivity contribution in [2.45, 2.75) is 23.9 Å². The molecule has 0 unspecified atom stereocenters. The molecule has 9 heteroatoms. The van der Waals surface area contributed by atoms with Crippen LogP contribution in [0.15, 0.2) is 34.0 Å². The second-order valence-corrected chi connectivity index (χ2v) is 6.87. The van der Waals surface area contributed by atoms with E-state index in [4.69, 9.17) is 20.8 Å². The molecule has 1 saturated heterocycles. The minimum Gasteiger partial charge on any atom is -0.431 e. The van der Waals surface area contributed by atoms with Gasteiger partial charge in [0.1, 0.15) is 5.82 Å². The first-order valence-electron chi connectivity index (χ1n) is 6.72. The van der Waals surface area contributed by atoms with Crippen LogP contribution < -0.4 is 4.72 Å². The van der Waals surface area contributed by atoms with E-state index in [9.17, 15) is 8.42 Å². The minimum absolute atomic E-state index is 0.00601. The SMILES string of the molecule is O=S(=O)(Nc1cnc(C2CCOCC2)nc1)c1ccc(Cl)o1. The van der Waals surface area contributed by atoms with Gasteiger partial charge in [0, 0.05) is 19.1 Å². The summed E-state index contributed by atoms with van der Waals surface area (Å²) in [5.74, 6) is 0.954. The Kier molecular flexibility index (Phi) is 4.32. The highest BCUT2D eigenvalue weighted by Gasteiger charge is 2.21. The van der Waals surface area contributed by atoms with E-state index in [1.807, 2.05) is 0 Å². The average molecular weight is 344 g/mol. The number of ether oxygens (including phenoxy) is 1. The third-order valence-electron chi connectivity index (χ3n) is 3.32. The van der Waals surface area contributed by atoms with E-state index >= 15 is 0 Å². The van der Waals surface area contributed by atoms with Gasteiger partial charge in [-0.15, -0.1) is 0 Å². The van der Waals surface area contributed by atoms with Crippen molar-refractivity contribution in [1.82, 2.24) is 9.97 Å². The Balaban J connectivity index is 1.73. The monoisotopic (exact) mass is 343 g/mol. The molecule has 0 radical (unpaired) electrons. The lowest BCUT2D eigenvalue weighted by Gasteiger charge is -2.20. The molecule has 3 rings (SSSR count). The highest BCUT2D eigenvalue weighted by atomic mass is 35.5. The number of furan rings is 1. The summed E-state index contributed by atoms with van der Waals surface area (Å²) in [5, 5.41) is -0.252. The number of nitrogens with one attached hydrogen (secondary N) is 1. The molecule has 0 spiro atoms. The van der Waals surface area contributed by atoms with Crippen molar-refractivity contribution in [1.29, 1.82) is 0 Å². The van der Waals surface area contributed by atoms with Crippen LogP contribution in [0, 0.1) is 0 Å². The molecular weight excluding hydrogens is 330 g/mol. The minimum atomic E-state index is -3.83. The maximum atomic E-state index is 12.1. The summed E-state index contributed by atoms with van der Waals surface area (Å²) in [6, 6.07) is 2.64. The fourth-order valence-electron chi connectivity index (χ4n) is 2.20. The van der Waals surface area contributed by atoms with Gasteiger partial charge in [-0.2, -0.15) is 8.42 Å². The summed E-state index contributed by atoms with van der Waals surface area (Å²) >= 11 is 5.58. The van der Waals surface area contributed by atoms with Crippen LogP contribution in [-0.4, -0.2) is 31.6 Å². The van der Waals surface area contributed by atoms with Gasteiger partial charge in [-0.1, -0.05) is 0 Å². The van der Waals surface area contributed by atoms with Crippen LogP contribution in [0.5, 0.6) is 0 Å². The predicted octanol–water partition coefficient (Wildman–Crippen LogP) is 2.42. The summed E-state index contributed by atoms with van der Waals surface area (Å²) in [6.07, 6.45) is 4.63. The molecule has 0 saturated carbocycles. The molecule has 0 aromatic carbocycles. The number of hydrogen-bond donors (Lipinski definition) is 1. The molecule has 1 aliphatic rings. The quantitative estimate of drug-likeness (QED) is 0.916. The van der Waals surface area contributed by atoms with E-state index in [0.29, 0.717) is 19.0 Å². The van der Waals surface area contributed by atoms with E-state index in [-0.39, 0.29) is 21.9 Å². The number of hydrogen-bond acceptors (Lipinski definition) is 6. The molecule has 2 aromatic rings. The molecule has 2 aromatic heterocycles. The third-order valence-corrected chi connectivity index (χ3v) is 4.78. The molecule has 1 aliphatic heterocycles. The summed E-state index contributed by atoms with van der Waals surface area (Å²) in [5.41, 5.74) is 0.267. The first-order chi connectivity index (χ1) is 10.5. The van der Waals surface area contributed by atoms with Gasteiger partial charge >= 0.3 is 0 Å². The van der Waals surface area contributed by atoms with Crippen LogP contribution in [0.25, 0.3) is 0 Å². The Labute approximate surface area is 132 Å². The normalized spacial score (nSPS) is 16.6. The molecule has 22 heavy (non-hydrogen) atoms. The predicted molar refractivity (Wildman–Crippen MR) is 79.4 cm³/mol. The first kappa shape index (κ1) is 15.3. The van der Waals surface area contributed by atoms with Crippen LogP contribution in [0.3, 0.4) is 0 Å². The van der Waals surface area contributed by atoms with Gasteiger partial charge in [-0.25, -0.2) is 9.97 Å². The number of aromatic nitrogens is 2. The molecule has 0 aliphatic carbocycles. The smallest absolute Gasteiger partial charge is 0.295 e. The maximum Gasteiger partial charge on any atom is 0.295 e. The zero-order valence-corrected chi connectivity index (χ0v) is 13.1. The van der Waals surface area contributed by atoms with Crippen molar-refractivity contribution in [2.24, 2.45) is 0 Å². The molecular formula is C13H14ClN3O4S. The lowest BCUT2D eigenvalue weighted by atomic mass is 10.00. The zero-order chi connectivity index (χ0) is 15.6. The van der Waals surface area contributed by atoms with Crippen molar-refractivity contribution in [2.75, 3.05) is 17.9 Å². The topological polar surface area (TPSA) is 94.3 Å². The molecule has 0 atom stereocenters. The Morgan fingerprint density at radius 3 is 2.45 bits per heavy atom. The average Bonchev–Trinajstić information content (AvgIpc) is 2.96. The standard InChI is InChI=1S/C13H14ClN3O4S/c14-11-1-2-12(21-11)22(18,19)17-10-7-15-13(16-8-10)9-3-5-20-6-4-9/h1-2,7-9,17H,3-6H2. The largest absolute Gasteiger partial charge is 0.431 e. The zero-order valence-electron chi connectivity index (χ0n) is 11.5. The van der Waals surface area contributed by atoms with E-state index < -0.39 is 10.0 Å². The van der Waals surface area contributed by atoms with Gasteiger partial charge in [0.05, 0.1) is 18.1 Å². The number of anilines is 1. The Morgan fingerprint density at radius 1 is 1.18 bits per heavy atom. The molecule has 1 fully saturated rings. The van der Waals surface area contributed by atoms with Crippen molar-refractivity contribution in [3.63, 3.8) is 0 Å². The first-order valence-corrected chi connectivity index (χ1v) is 8.58. The van der Waals surface area contributed by atoms with Crippen molar-refractivity contribution < 1.29 is 17.6 Å². The van der Waals surface area contributed by atoms with Gasteiger partial charge in [0.25, 0.3) is 10.0 Å². The van der Waals surface area contributed by atoms with Gasteiger partial charge < -0.3 is 9.15 Å². The third kappa shape index (κ3) is 3.40.